The van der Waals surface area contributed by atoms with Crippen LogP contribution in [0.25, 0.3) is 10.9 Å². The predicted octanol–water partition coefficient (Wildman–Crippen LogP) is 4.61. The largest absolute Gasteiger partial charge is 0.376 e. The lowest BCUT2D eigenvalue weighted by Gasteiger charge is -2.26. The summed E-state index contributed by atoms with van der Waals surface area (Å²) in [6.07, 6.45) is 2.83. The van der Waals surface area contributed by atoms with Crippen LogP contribution < -0.4 is 10.9 Å². The van der Waals surface area contributed by atoms with Gasteiger partial charge in [0.05, 0.1) is 12.6 Å². The number of ether oxygens (including phenoxy) is 1. The Labute approximate surface area is 182 Å². The number of aromatic nitrogens is 1. The van der Waals surface area contributed by atoms with Crippen molar-refractivity contribution in [2.75, 3.05) is 18.5 Å². The molecule has 0 spiro atoms. The van der Waals surface area contributed by atoms with Crippen molar-refractivity contribution >= 4 is 22.6 Å². The first-order chi connectivity index (χ1) is 15.0. The van der Waals surface area contributed by atoms with Crippen molar-refractivity contribution in [3.63, 3.8) is 0 Å². The van der Waals surface area contributed by atoms with Crippen LogP contribution in [0, 0.1) is 6.92 Å². The van der Waals surface area contributed by atoms with Crippen LogP contribution in [-0.2, 0) is 17.7 Å². The maximum atomic E-state index is 13.1. The quantitative estimate of drug-likeness (QED) is 0.613. The number of fused-ring (bicyclic) bond motifs is 1. The zero-order valence-corrected chi connectivity index (χ0v) is 18.1. The van der Waals surface area contributed by atoms with E-state index in [1.54, 1.807) is 4.90 Å². The molecule has 1 aliphatic rings. The molecule has 2 N–H and O–H groups in total. The van der Waals surface area contributed by atoms with Crippen LogP contribution >= 0.6 is 0 Å². The molecule has 1 atom stereocenters. The van der Waals surface area contributed by atoms with E-state index in [2.05, 4.69) is 23.3 Å². The summed E-state index contributed by atoms with van der Waals surface area (Å²) in [5, 5.41) is 3.93. The third-order valence-electron chi connectivity index (χ3n) is 5.79. The molecule has 2 aromatic carbocycles. The topological polar surface area (TPSA) is 74.4 Å². The predicted molar refractivity (Wildman–Crippen MR) is 124 cm³/mol. The van der Waals surface area contributed by atoms with Gasteiger partial charge in [-0.2, -0.15) is 0 Å². The van der Waals surface area contributed by atoms with E-state index in [0.717, 1.165) is 41.4 Å². The molecular formula is C25H29N3O3. The standard InChI is InChI=1S/C25H29N3O3/c1-3-18-8-11-23-19(13-18)14-20(24(29)27-23)15-28(16-22-5-4-12-31-22)25(30)26-21-9-6-17(2)7-10-21/h6-11,13-14,22H,3-5,12,15-16H2,1-2H3,(H,26,30)(H,27,29). The summed E-state index contributed by atoms with van der Waals surface area (Å²) in [7, 11) is 0. The van der Waals surface area contributed by atoms with E-state index in [1.165, 1.54) is 5.56 Å². The van der Waals surface area contributed by atoms with Gasteiger partial charge in [-0.1, -0.05) is 30.7 Å². The third kappa shape index (κ3) is 5.14. The lowest BCUT2D eigenvalue weighted by Crippen LogP contribution is -2.40. The minimum absolute atomic E-state index is 0.00463. The molecule has 1 aromatic heterocycles. The van der Waals surface area contributed by atoms with Crippen LogP contribution in [-0.4, -0.2) is 35.2 Å². The Morgan fingerprint density at radius 2 is 2.00 bits per heavy atom. The normalized spacial score (nSPS) is 15.9. The van der Waals surface area contributed by atoms with Crippen LogP contribution in [0.15, 0.2) is 53.3 Å². The molecule has 4 rings (SSSR count). The van der Waals surface area contributed by atoms with Gasteiger partial charge in [-0.25, -0.2) is 4.79 Å². The van der Waals surface area contributed by atoms with Gasteiger partial charge in [-0.15, -0.1) is 0 Å². The Morgan fingerprint density at radius 1 is 1.19 bits per heavy atom. The number of nitrogens with one attached hydrogen (secondary N) is 2. The summed E-state index contributed by atoms with van der Waals surface area (Å²) in [4.78, 5) is 30.5. The van der Waals surface area contributed by atoms with Crippen molar-refractivity contribution in [3.05, 3.63) is 75.6 Å². The highest BCUT2D eigenvalue weighted by Crippen LogP contribution is 2.19. The lowest BCUT2D eigenvalue weighted by molar-refractivity contribution is 0.0818. The summed E-state index contributed by atoms with van der Waals surface area (Å²) >= 11 is 0. The number of H-pyrrole nitrogens is 1. The molecule has 1 saturated heterocycles. The fourth-order valence-electron chi connectivity index (χ4n) is 3.94. The molecular weight excluding hydrogens is 390 g/mol. The van der Waals surface area contributed by atoms with E-state index in [4.69, 9.17) is 4.74 Å². The van der Waals surface area contributed by atoms with E-state index < -0.39 is 0 Å². The highest BCUT2D eigenvalue weighted by molar-refractivity contribution is 5.89. The van der Waals surface area contributed by atoms with Gasteiger partial charge >= 0.3 is 6.03 Å². The van der Waals surface area contributed by atoms with Gasteiger partial charge in [-0.05, 0) is 67.5 Å². The van der Waals surface area contributed by atoms with Crippen molar-refractivity contribution < 1.29 is 9.53 Å². The third-order valence-corrected chi connectivity index (χ3v) is 5.79. The summed E-state index contributed by atoms with van der Waals surface area (Å²) < 4.78 is 5.76. The van der Waals surface area contributed by atoms with Crippen LogP contribution in [0.2, 0.25) is 0 Å². The molecule has 31 heavy (non-hydrogen) atoms. The van der Waals surface area contributed by atoms with Crippen LogP contribution in [0.3, 0.4) is 0 Å². The van der Waals surface area contributed by atoms with Crippen molar-refractivity contribution in [1.29, 1.82) is 0 Å². The van der Waals surface area contributed by atoms with Gasteiger partial charge in [0.1, 0.15) is 0 Å². The lowest BCUT2D eigenvalue weighted by atomic mass is 10.1. The van der Waals surface area contributed by atoms with E-state index >= 15 is 0 Å². The first-order valence-electron chi connectivity index (χ1n) is 10.9. The second kappa shape index (κ2) is 9.35. The van der Waals surface area contributed by atoms with E-state index in [-0.39, 0.29) is 24.2 Å². The smallest absolute Gasteiger partial charge is 0.322 e. The summed E-state index contributed by atoms with van der Waals surface area (Å²) in [5.74, 6) is 0. The summed E-state index contributed by atoms with van der Waals surface area (Å²) in [6.45, 7) is 5.50. The highest BCUT2D eigenvalue weighted by atomic mass is 16.5. The average Bonchev–Trinajstić information content (AvgIpc) is 3.28. The Bertz CT molecular complexity index is 1120. The fourth-order valence-corrected chi connectivity index (χ4v) is 3.94. The number of amides is 2. The number of aromatic amines is 1. The summed E-state index contributed by atoms with van der Waals surface area (Å²) in [6, 6.07) is 15.4. The number of benzene rings is 2. The molecule has 0 bridgehead atoms. The molecule has 0 radical (unpaired) electrons. The second-order valence-corrected chi connectivity index (χ2v) is 8.21. The molecule has 0 aliphatic carbocycles. The van der Waals surface area contributed by atoms with Gasteiger partial charge in [-0.3, -0.25) is 4.79 Å². The number of rotatable bonds is 6. The number of pyridine rings is 1. The average molecular weight is 420 g/mol. The Morgan fingerprint density at radius 3 is 2.71 bits per heavy atom. The number of urea groups is 1. The number of nitrogens with zero attached hydrogens (tertiary/aromatic N) is 1. The zero-order chi connectivity index (χ0) is 21.8. The van der Waals surface area contributed by atoms with Gasteiger partial charge in [0.25, 0.3) is 5.56 Å². The summed E-state index contributed by atoms with van der Waals surface area (Å²) in [5.41, 5.74) is 4.27. The maximum absolute atomic E-state index is 13.1. The molecule has 2 heterocycles. The van der Waals surface area contributed by atoms with Crippen molar-refractivity contribution in [2.45, 2.75) is 45.8 Å². The van der Waals surface area contributed by atoms with Gasteiger partial charge in [0.15, 0.2) is 0 Å². The number of carbonyl (C=O) groups excluding carboxylic acids is 1. The minimum Gasteiger partial charge on any atom is -0.376 e. The molecule has 1 aliphatic heterocycles. The molecule has 1 unspecified atom stereocenters. The van der Waals surface area contributed by atoms with Crippen molar-refractivity contribution in [2.24, 2.45) is 0 Å². The number of hydrogen-bond acceptors (Lipinski definition) is 3. The molecule has 0 saturated carbocycles. The number of carbonyl (C=O) groups is 1. The molecule has 3 aromatic rings. The monoisotopic (exact) mass is 419 g/mol. The molecule has 2 amide bonds. The molecule has 1 fully saturated rings. The van der Waals surface area contributed by atoms with Crippen LogP contribution in [0.5, 0.6) is 0 Å². The first-order valence-corrected chi connectivity index (χ1v) is 10.9. The van der Waals surface area contributed by atoms with E-state index in [1.807, 2.05) is 49.4 Å². The van der Waals surface area contributed by atoms with E-state index in [9.17, 15) is 9.59 Å². The number of hydrogen-bond donors (Lipinski definition) is 2. The van der Waals surface area contributed by atoms with Crippen molar-refractivity contribution in [3.8, 4) is 0 Å². The Hall–Kier alpha value is -3.12. The maximum Gasteiger partial charge on any atom is 0.322 e. The number of aryl methyl sites for hydroxylation is 2. The zero-order valence-electron chi connectivity index (χ0n) is 18.1. The second-order valence-electron chi connectivity index (χ2n) is 8.21. The highest BCUT2D eigenvalue weighted by Gasteiger charge is 2.24. The first kappa shape index (κ1) is 21.1. The van der Waals surface area contributed by atoms with Gasteiger partial charge in [0, 0.05) is 29.9 Å². The van der Waals surface area contributed by atoms with Crippen molar-refractivity contribution in [1.82, 2.24) is 9.88 Å². The molecule has 162 valence electrons. The Kier molecular flexibility index (Phi) is 6.37. The van der Waals surface area contributed by atoms with Gasteiger partial charge < -0.3 is 19.9 Å². The fraction of sp³-hybridized carbons (Fsp3) is 0.360. The molecule has 6 heteroatoms. The minimum atomic E-state index is -0.235. The number of anilines is 1. The SMILES string of the molecule is CCc1ccc2[nH]c(=O)c(CN(CC3CCCO3)C(=O)Nc3ccc(C)cc3)cc2c1. The molecule has 6 nitrogen and oxygen atoms in total. The Balaban J connectivity index is 1.60. The van der Waals surface area contributed by atoms with E-state index in [0.29, 0.717) is 18.7 Å². The van der Waals surface area contributed by atoms with Crippen LogP contribution in [0.1, 0.15) is 36.5 Å². The van der Waals surface area contributed by atoms with Crippen LogP contribution in [0.4, 0.5) is 10.5 Å². The van der Waals surface area contributed by atoms with Gasteiger partial charge in [0.2, 0.25) is 0 Å².